The number of piperazine rings is 1. The molecule has 0 saturated carbocycles. The van der Waals surface area contributed by atoms with E-state index in [1.807, 2.05) is 58.9 Å². The quantitative estimate of drug-likeness (QED) is 0.451. The van der Waals surface area contributed by atoms with Crippen LogP contribution in [0.4, 0.5) is 20.1 Å². The van der Waals surface area contributed by atoms with Crippen molar-refractivity contribution in [1.29, 1.82) is 0 Å². The molecular formula is C29H41N5O5. The Morgan fingerprint density at radius 1 is 1.03 bits per heavy atom. The maximum absolute atomic E-state index is 13.4. The molecular weight excluding hydrogens is 498 g/mol. The summed E-state index contributed by atoms with van der Waals surface area (Å²) >= 11 is 0. The molecule has 2 aromatic rings. The molecule has 0 bridgehead atoms. The van der Waals surface area contributed by atoms with E-state index in [9.17, 15) is 19.5 Å². The molecule has 0 atom stereocenters. The smallest absolute Gasteiger partial charge is 0.407 e. The molecule has 0 unspecified atom stereocenters. The molecule has 3 N–H and O–H groups in total. The molecule has 212 valence electrons. The van der Waals surface area contributed by atoms with Gasteiger partial charge in [0, 0.05) is 49.5 Å². The summed E-state index contributed by atoms with van der Waals surface area (Å²) in [6, 6.07) is 7.70. The van der Waals surface area contributed by atoms with Crippen LogP contribution in [-0.2, 0) is 17.7 Å². The van der Waals surface area contributed by atoms with E-state index in [-0.39, 0.29) is 25.7 Å². The van der Waals surface area contributed by atoms with Gasteiger partial charge in [-0.2, -0.15) is 0 Å². The maximum atomic E-state index is 13.4. The number of nitrogens with zero attached hydrogens (tertiary/aromatic N) is 3. The first-order valence-corrected chi connectivity index (χ1v) is 13.3. The van der Waals surface area contributed by atoms with Crippen molar-refractivity contribution in [2.75, 3.05) is 31.5 Å². The molecule has 1 fully saturated rings. The van der Waals surface area contributed by atoms with E-state index in [4.69, 9.17) is 9.72 Å². The Morgan fingerprint density at radius 3 is 2.15 bits per heavy atom. The third-order valence-corrected chi connectivity index (χ3v) is 6.38. The van der Waals surface area contributed by atoms with Crippen LogP contribution in [-0.4, -0.2) is 69.9 Å². The van der Waals surface area contributed by atoms with Gasteiger partial charge in [-0.25, -0.2) is 14.4 Å². The van der Waals surface area contributed by atoms with Crippen LogP contribution in [0, 0.1) is 19.8 Å². The minimum absolute atomic E-state index is 0.174. The predicted molar refractivity (Wildman–Crippen MR) is 151 cm³/mol. The van der Waals surface area contributed by atoms with Crippen LogP contribution < -0.4 is 10.6 Å². The average Bonchev–Trinajstić information content (AvgIpc) is 2.84. The number of ether oxygens (including phenoxy) is 1. The van der Waals surface area contributed by atoms with Gasteiger partial charge in [-0.05, 0) is 52.5 Å². The van der Waals surface area contributed by atoms with Crippen LogP contribution in [0.2, 0.25) is 0 Å². The number of carbonyl (C=O) groups is 3. The van der Waals surface area contributed by atoms with Crippen molar-refractivity contribution in [2.24, 2.45) is 5.92 Å². The average molecular weight is 540 g/mol. The van der Waals surface area contributed by atoms with Gasteiger partial charge in [-0.15, -0.1) is 0 Å². The topological polar surface area (TPSA) is 124 Å². The van der Waals surface area contributed by atoms with Crippen LogP contribution in [0.5, 0.6) is 0 Å². The Kier molecular flexibility index (Phi) is 9.42. The summed E-state index contributed by atoms with van der Waals surface area (Å²) in [5.74, 6) is 0.314. The molecule has 1 aromatic heterocycles. The molecule has 10 nitrogen and oxygen atoms in total. The van der Waals surface area contributed by atoms with E-state index in [0.29, 0.717) is 36.8 Å². The van der Waals surface area contributed by atoms with Crippen LogP contribution in [0.15, 0.2) is 24.3 Å². The number of aromatic nitrogens is 1. The molecule has 0 spiro atoms. The zero-order valence-corrected chi connectivity index (χ0v) is 24.1. The number of carbonyl (C=O) groups excluding carboxylic acids is 2. The number of hydrogen-bond acceptors (Lipinski definition) is 5. The van der Waals surface area contributed by atoms with Crippen LogP contribution in [0.25, 0.3) is 11.1 Å². The number of benzene rings is 1. The Balaban J connectivity index is 2.05. The highest BCUT2D eigenvalue weighted by atomic mass is 16.6. The number of alkyl carbamates (subject to hydrolysis) is 1. The fourth-order valence-corrected chi connectivity index (χ4v) is 4.50. The number of nitrogens with one attached hydrogen (secondary N) is 2. The van der Waals surface area contributed by atoms with Gasteiger partial charge < -0.3 is 30.3 Å². The third-order valence-electron chi connectivity index (χ3n) is 6.38. The number of carboxylic acid groups (broad SMARTS) is 1. The minimum Gasteiger partial charge on any atom is -0.465 e. The van der Waals surface area contributed by atoms with Crippen LogP contribution in [0.3, 0.4) is 0 Å². The molecule has 1 aliphatic heterocycles. The number of amides is 4. The number of hydrogen-bond donors (Lipinski definition) is 3. The van der Waals surface area contributed by atoms with Crippen molar-refractivity contribution in [2.45, 2.75) is 67.0 Å². The lowest BCUT2D eigenvalue weighted by Gasteiger charge is -2.33. The van der Waals surface area contributed by atoms with E-state index in [2.05, 4.69) is 24.5 Å². The van der Waals surface area contributed by atoms with Gasteiger partial charge in [0.25, 0.3) is 0 Å². The number of rotatable bonds is 6. The van der Waals surface area contributed by atoms with Gasteiger partial charge in [0.2, 0.25) is 0 Å². The molecule has 1 aromatic carbocycles. The standard InChI is InChI=1S/C29H41N5O5/c1-18(2)16-23-22(17-30-27(36)39-29(5,6)7)24(21-10-8-19(3)9-11-21)25(20(4)31-23)32-26(35)33-12-14-34(15-13-33)28(37)38/h8-11,18H,12-17H2,1-7H3,(H,30,36)(H,32,35)(H,37,38). The molecule has 1 aliphatic rings. The first kappa shape index (κ1) is 29.7. The van der Waals surface area contributed by atoms with Gasteiger partial charge >= 0.3 is 18.2 Å². The lowest BCUT2D eigenvalue weighted by molar-refractivity contribution is 0.0523. The molecule has 1 saturated heterocycles. The molecule has 3 rings (SSSR count). The fourth-order valence-electron chi connectivity index (χ4n) is 4.50. The highest BCUT2D eigenvalue weighted by Gasteiger charge is 2.27. The lowest BCUT2D eigenvalue weighted by Crippen LogP contribution is -2.51. The van der Waals surface area contributed by atoms with Crippen molar-refractivity contribution in [3.05, 3.63) is 46.8 Å². The Labute approximate surface area is 230 Å². The van der Waals surface area contributed by atoms with E-state index in [0.717, 1.165) is 27.9 Å². The maximum Gasteiger partial charge on any atom is 0.407 e. The second kappa shape index (κ2) is 12.4. The first-order valence-electron chi connectivity index (χ1n) is 13.3. The van der Waals surface area contributed by atoms with Crippen molar-refractivity contribution in [1.82, 2.24) is 20.1 Å². The van der Waals surface area contributed by atoms with Gasteiger partial charge in [-0.3, -0.25) is 4.98 Å². The van der Waals surface area contributed by atoms with Gasteiger partial charge in [0.05, 0.1) is 11.4 Å². The second-order valence-corrected chi connectivity index (χ2v) is 11.4. The third kappa shape index (κ3) is 8.08. The van der Waals surface area contributed by atoms with Gasteiger partial charge in [0.15, 0.2) is 0 Å². The summed E-state index contributed by atoms with van der Waals surface area (Å²) in [4.78, 5) is 45.0. The Morgan fingerprint density at radius 2 is 1.62 bits per heavy atom. The van der Waals surface area contributed by atoms with Crippen LogP contribution >= 0.6 is 0 Å². The van der Waals surface area contributed by atoms with E-state index in [1.54, 1.807) is 4.90 Å². The molecule has 39 heavy (non-hydrogen) atoms. The van der Waals surface area contributed by atoms with Crippen LogP contribution in [0.1, 0.15) is 57.1 Å². The second-order valence-electron chi connectivity index (χ2n) is 11.4. The van der Waals surface area contributed by atoms with E-state index in [1.165, 1.54) is 4.90 Å². The van der Waals surface area contributed by atoms with Crippen molar-refractivity contribution in [3.8, 4) is 11.1 Å². The summed E-state index contributed by atoms with van der Waals surface area (Å²) < 4.78 is 5.47. The first-order chi connectivity index (χ1) is 18.2. The van der Waals surface area contributed by atoms with Crippen molar-refractivity contribution in [3.63, 3.8) is 0 Å². The number of anilines is 1. The summed E-state index contributed by atoms with van der Waals surface area (Å²) in [5, 5.41) is 15.2. The Bertz CT molecular complexity index is 1200. The molecule has 4 amide bonds. The molecule has 10 heteroatoms. The summed E-state index contributed by atoms with van der Waals surface area (Å²) in [7, 11) is 0. The summed E-state index contributed by atoms with van der Waals surface area (Å²) in [6.45, 7) is 14.8. The van der Waals surface area contributed by atoms with E-state index >= 15 is 0 Å². The number of aryl methyl sites for hydroxylation is 2. The summed E-state index contributed by atoms with van der Waals surface area (Å²) in [6.07, 6.45) is -0.828. The van der Waals surface area contributed by atoms with Gasteiger partial charge in [-0.1, -0.05) is 43.7 Å². The van der Waals surface area contributed by atoms with E-state index < -0.39 is 17.8 Å². The number of pyridine rings is 1. The largest absolute Gasteiger partial charge is 0.465 e. The highest BCUT2D eigenvalue weighted by Crippen LogP contribution is 2.36. The minimum atomic E-state index is -0.986. The lowest BCUT2D eigenvalue weighted by atomic mass is 9.92. The van der Waals surface area contributed by atoms with Crippen molar-refractivity contribution >= 4 is 23.9 Å². The zero-order valence-electron chi connectivity index (χ0n) is 24.1. The predicted octanol–water partition coefficient (Wildman–Crippen LogP) is 5.42. The monoisotopic (exact) mass is 539 g/mol. The summed E-state index contributed by atoms with van der Waals surface area (Å²) in [5.41, 5.74) is 5.05. The zero-order chi connectivity index (χ0) is 28.9. The number of urea groups is 1. The normalized spacial score (nSPS) is 13.8. The fraction of sp³-hybridized carbons (Fsp3) is 0.517. The molecule has 2 heterocycles. The highest BCUT2D eigenvalue weighted by molar-refractivity contribution is 5.96. The van der Waals surface area contributed by atoms with Gasteiger partial charge in [0.1, 0.15) is 5.60 Å². The van der Waals surface area contributed by atoms with Crippen molar-refractivity contribution < 1.29 is 24.2 Å². The molecule has 0 aliphatic carbocycles. The molecule has 0 radical (unpaired) electrons. The Hall–Kier alpha value is -3.82. The SMILES string of the molecule is Cc1ccc(-c2c(CNC(=O)OC(C)(C)C)c(CC(C)C)nc(C)c2NC(=O)N2CCN(C(=O)O)CC2)cc1.